The van der Waals surface area contributed by atoms with E-state index in [1.54, 1.807) is 13.0 Å². The Morgan fingerprint density at radius 3 is 2.56 bits per heavy atom. The first-order valence-corrected chi connectivity index (χ1v) is 6.26. The van der Waals surface area contributed by atoms with Crippen molar-refractivity contribution in [2.75, 3.05) is 25.6 Å². The molecule has 5 nitrogen and oxygen atoms in total. The van der Waals surface area contributed by atoms with Crippen LogP contribution in [0.5, 0.6) is 5.75 Å². The summed E-state index contributed by atoms with van der Waals surface area (Å²) < 4.78 is 10.7. The molecule has 0 heterocycles. The highest BCUT2D eigenvalue weighted by molar-refractivity contribution is 7.80. The zero-order chi connectivity index (χ0) is 13.5. The number of ether oxygens (including phenoxy) is 2. The van der Waals surface area contributed by atoms with Gasteiger partial charge in [0.05, 0.1) is 24.2 Å². The molecule has 0 aliphatic rings. The van der Waals surface area contributed by atoms with E-state index in [0.717, 1.165) is 5.56 Å². The Morgan fingerprint density at radius 1 is 1.22 bits per heavy atom. The summed E-state index contributed by atoms with van der Waals surface area (Å²) in [6, 6.07) is 3.21. The van der Waals surface area contributed by atoms with E-state index >= 15 is 0 Å². The summed E-state index contributed by atoms with van der Waals surface area (Å²) in [6.07, 6.45) is 0. The summed E-state index contributed by atoms with van der Waals surface area (Å²) in [5.41, 5.74) is 1.59. The second kappa shape index (κ2) is 7.23. The number of benzene rings is 1. The number of hydrogen-bond acceptors (Lipinski definition) is 5. The smallest absolute Gasteiger partial charge is 0.276 e. The lowest BCUT2D eigenvalue weighted by atomic mass is 10.1. The minimum absolute atomic E-state index is 0.0758. The number of nitro benzene ring substituents is 1. The van der Waals surface area contributed by atoms with Crippen LogP contribution in [0.15, 0.2) is 12.1 Å². The molecule has 0 aliphatic heterocycles. The van der Waals surface area contributed by atoms with Gasteiger partial charge in [-0.15, -0.1) is 0 Å². The Bertz CT molecular complexity index is 423. The Morgan fingerprint density at radius 2 is 1.94 bits per heavy atom. The van der Waals surface area contributed by atoms with Crippen molar-refractivity contribution >= 4 is 18.3 Å². The molecule has 0 unspecified atom stereocenters. The molecule has 1 aromatic rings. The third-order valence-corrected chi connectivity index (χ3v) is 2.59. The molecule has 6 heteroatoms. The van der Waals surface area contributed by atoms with Crippen LogP contribution in [0.25, 0.3) is 0 Å². The van der Waals surface area contributed by atoms with Crippen molar-refractivity contribution in [3.8, 4) is 5.75 Å². The average molecular weight is 271 g/mol. The molecule has 1 aromatic carbocycles. The average Bonchev–Trinajstić information content (AvgIpc) is 2.30. The second-order valence-corrected chi connectivity index (χ2v) is 4.29. The normalized spacial score (nSPS) is 10.4. The second-order valence-electron chi connectivity index (χ2n) is 3.85. The fourth-order valence-corrected chi connectivity index (χ4v) is 1.68. The molecule has 0 amide bonds. The van der Waals surface area contributed by atoms with Gasteiger partial charge in [-0.1, -0.05) is 0 Å². The maximum absolute atomic E-state index is 10.8. The predicted molar refractivity (Wildman–Crippen MR) is 72.7 cm³/mol. The molecular weight excluding hydrogens is 254 g/mol. The van der Waals surface area contributed by atoms with Gasteiger partial charge in [-0.3, -0.25) is 10.1 Å². The van der Waals surface area contributed by atoms with Gasteiger partial charge in [-0.2, -0.15) is 12.6 Å². The number of nitro groups is 1. The summed E-state index contributed by atoms with van der Waals surface area (Å²) in [5.74, 6) is 1.19. The molecule has 1 rings (SSSR count). The Labute approximate surface area is 112 Å². The molecule has 0 spiro atoms. The van der Waals surface area contributed by atoms with Crippen molar-refractivity contribution < 1.29 is 14.4 Å². The molecular formula is C12H17NO4S. The van der Waals surface area contributed by atoms with Gasteiger partial charge in [0.15, 0.2) is 0 Å². The number of thiol groups is 1. The van der Waals surface area contributed by atoms with Gasteiger partial charge in [-0.05, 0) is 25.5 Å². The zero-order valence-corrected chi connectivity index (χ0v) is 11.4. The van der Waals surface area contributed by atoms with E-state index < -0.39 is 4.92 Å². The van der Waals surface area contributed by atoms with E-state index in [0.29, 0.717) is 36.9 Å². The highest BCUT2D eigenvalue weighted by Crippen LogP contribution is 2.27. The van der Waals surface area contributed by atoms with E-state index in [4.69, 9.17) is 9.47 Å². The van der Waals surface area contributed by atoms with Gasteiger partial charge < -0.3 is 9.47 Å². The largest absolute Gasteiger partial charge is 0.491 e. The Balaban J connectivity index is 2.65. The highest BCUT2D eigenvalue weighted by Gasteiger charge is 2.14. The molecule has 0 aromatic heterocycles. The van der Waals surface area contributed by atoms with Crippen molar-refractivity contribution in [3.63, 3.8) is 0 Å². The molecule has 0 saturated heterocycles. The summed E-state index contributed by atoms with van der Waals surface area (Å²) in [6.45, 7) is 4.96. The third kappa shape index (κ3) is 4.19. The summed E-state index contributed by atoms with van der Waals surface area (Å²) >= 11 is 4.02. The van der Waals surface area contributed by atoms with E-state index in [9.17, 15) is 10.1 Å². The number of hydrogen-bond donors (Lipinski definition) is 1. The first kappa shape index (κ1) is 14.8. The van der Waals surface area contributed by atoms with Gasteiger partial charge in [0.2, 0.25) is 0 Å². The molecule has 100 valence electrons. The van der Waals surface area contributed by atoms with E-state index in [2.05, 4.69) is 12.6 Å². The number of aryl methyl sites for hydroxylation is 2. The van der Waals surface area contributed by atoms with Crippen molar-refractivity contribution in [3.05, 3.63) is 33.4 Å². The van der Waals surface area contributed by atoms with Gasteiger partial charge >= 0.3 is 0 Å². The van der Waals surface area contributed by atoms with Crippen LogP contribution in [-0.4, -0.2) is 30.5 Å². The van der Waals surface area contributed by atoms with Crippen molar-refractivity contribution in [1.29, 1.82) is 0 Å². The SMILES string of the molecule is Cc1cc(C)c([N+](=O)[O-])cc1OCCOCCS. The summed E-state index contributed by atoms with van der Waals surface area (Å²) in [4.78, 5) is 10.4. The highest BCUT2D eigenvalue weighted by atomic mass is 32.1. The Kier molecular flexibility index (Phi) is 5.94. The fourth-order valence-electron chi connectivity index (χ4n) is 1.55. The van der Waals surface area contributed by atoms with E-state index in [-0.39, 0.29) is 5.69 Å². The quantitative estimate of drug-likeness (QED) is 0.358. The van der Waals surface area contributed by atoms with Crippen LogP contribution < -0.4 is 4.74 Å². The van der Waals surface area contributed by atoms with Crippen LogP contribution in [-0.2, 0) is 4.74 Å². The number of rotatable bonds is 7. The first-order chi connectivity index (χ1) is 8.56. The van der Waals surface area contributed by atoms with Crippen LogP contribution in [0.3, 0.4) is 0 Å². The minimum atomic E-state index is -0.404. The minimum Gasteiger partial charge on any atom is -0.491 e. The molecule has 0 fully saturated rings. The molecule has 0 aliphatic carbocycles. The van der Waals surface area contributed by atoms with Crippen molar-refractivity contribution in [2.45, 2.75) is 13.8 Å². The maximum Gasteiger partial charge on any atom is 0.276 e. The lowest BCUT2D eigenvalue weighted by molar-refractivity contribution is -0.385. The lowest BCUT2D eigenvalue weighted by Gasteiger charge is -2.10. The summed E-state index contributed by atoms with van der Waals surface area (Å²) in [7, 11) is 0. The van der Waals surface area contributed by atoms with Crippen LogP contribution in [0, 0.1) is 24.0 Å². The maximum atomic E-state index is 10.8. The third-order valence-electron chi connectivity index (χ3n) is 2.41. The molecule has 0 saturated carbocycles. The lowest BCUT2D eigenvalue weighted by Crippen LogP contribution is -2.09. The standard InChI is InChI=1S/C12H17NO4S/c1-9-7-10(2)12(8-11(9)13(14)15)17-4-3-16-5-6-18/h7-8,18H,3-6H2,1-2H3. The molecule has 0 atom stereocenters. The Hall–Kier alpha value is -1.27. The van der Waals surface area contributed by atoms with Crippen molar-refractivity contribution in [1.82, 2.24) is 0 Å². The van der Waals surface area contributed by atoms with Gasteiger partial charge in [0, 0.05) is 11.3 Å². The predicted octanol–water partition coefficient (Wildman–Crippen LogP) is 2.54. The summed E-state index contributed by atoms with van der Waals surface area (Å²) in [5, 5.41) is 10.8. The first-order valence-electron chi connectivity index (χ1n) is 5.63. The van der Waals surface area contributed by atoms with Crippen LogP contribution in [0.1, 0.15) is 11.1 Å². The topological polar surface area (TPSA) is 61.6 Å². The molecule has 0 radical (unpaired) electrons. The molecule has 0 N–H and O–H groups in total. The number of nitrogens with zero attached hydrogens (tertiary/aromatic N) is 1. The van der Waals surface area contributed by atoms with Crippen LogP contribution in [0.4, 0.5) is 5.69 Å². The molecule has 0 bridgehead atoms. The van der Waals surface area contributed by atoms with Gasteiger partial charge in [-0.25, -0.2) is 0 Å². The van der Waals surface area contributed by atoms with Crippen LogP contribution >= 0.6 is 12.6 Å². The van der Waals surface area contributed by atoms with Gasteiger partial charge in [0.1, 0.15) is 12.4 Å². The monoisotopic (exact) mass is 271 g/mol. The van der Waals surface area contributed by atoms with E-state index in [1.807, 2.05) is 6.92 Å². The molecule has 18 heavy (non-hydrogen) atoms. The fraction of sp³-hybridized carbons (Fsp3) is 0.500. The van der Waals surface area contributed by atoms with E-state index in [1.165, 1.54) is 6.07 Å². The zero-order valence-electron chi connectivity index (χ0n) is 10.5. The van der Waals surface area contributed by atoms with Crippen molar-refractivity contribution in [2.24, 2.45) is 0 Å². The van der Waals surface area contributed by atoms with Crippen LogP contribution in [0.2, 0.25) is 0 Å². The van der Waals surface area contributed by atoms with Gasteiger partial charge in [0.25, 0.3) is 5.69 Å².